The van der Waals surface area contributed by atoms with E-state index in [4.69, 9.17) is 0 Å². The molecule has 0 atom stereocenters. The maximum Gasteiger partial charge on any atom is 0.191 e. The van der Waals surface area contributed by atoms with Gasteiger partial charge in [0.15, 0.2) is 5.78 Å². The third-order valence-electron chi connectivity index (χ3n) is 5.60. The van der Waals surface area contributed by atoms with Gasteiger partial charge in [0, 0.05) is 24.8 Å². The summed E-state index contributed by atoms with van der Waals surface area (Å²) in [5.74, 6) is 0.382. The topological polar surface area (TPSA) is 17.1 Å². The van der Waals surface area contributed by atoms with E-state index in [9.17, 15) is 4.79 Å². The summed E-state index contributed by atoms with van der Waals surface area (Å²) >= 11 is 0. The molecule has 2 nitrogen and oxygen atoms in total. The Balaban J connectivity index is 1.74. The highest BCUT2D eigenvalue weighted by Crippen LogP contribution is 2.25. The summed E-state index contributed by atoms with van der Waals surface area (Å²) in [6, 6.07) is 15.0. The standard InChI is InChI=1S/C23H30NO/c1-18-13-19(2)23(20(3)14-18)15-22(25)17-24(11-7-8-12-24)16-21-9-5-4-6-10-21/h4-6,9-10,13-14H,7-8,11-12,15-17H2,1-3H3/q+1. The molecule has 1 saturated heterocycles. The molecular formula is C23H30NO+. The van der Waals surface area contributed by atoms with Crippen molar-refractivity contribution >= 4 is 5.78 Å². The summed E-state index contributed by atoms with van der Waals surface area (Å²) in [6.07, 6.45) is 3.05. The zero-order chi connectivity index (χ0) is 17.9. The number of nitrogens with zero attached hydrogens (tertiary/aromatic N) is 1. The maximum atomic E-state index is 12.9. The summed E-state index contributed by atoms with van der Waals surface area (Å²) in [4.78, 5) is 12.9. The second-order valence-electron chi connectivity index (χ2n) is 7.89. The van der Waals surface area contributed by atoms with Gasteiger partial charge >= 0.3 is 0 Å². The van der Waals surface area contributed by atoms with E-state index < -0.39 is 0 Å². The SMILES string of the molecule is Cc1cc(C)c(CC(=O)C[N+]2(Cc3ccccc3)CCCC2)c(C)c1. The van der Waals surface area contributed by atoms with E-state index in [1.165, 1.54) is 40.7 Å². The molecule has 1 heterocycles. The number of hydrogen-bond acceptors (Lipinski definition) is 1. The number of likely N-dealkylation sites (tertiary alicyclic amines) is 1. The van der Waals surface area contributed by atoms with Crippen molar-refractivity contribution in [2.45, 2.75) is 46.6 Å². The predicted molar refractivity (Wildman–Crippen MR) is 104 cm³/mol. The van der Waals surface area contributed by atoms with Crippen molar-refractivity contribution in [1.29, 1.82) is 0 Å². The Hall–Kier alpha value is -1.93. The Kier molecular flexibility index (Phi) is 5.39. The summed E-state index contributed by atoms with van der Waals surface area (Å²) in [5, 5.41) is 0. The Labute approximate surface area is 152 Å². The second-order valence-corrected chi connectivity index (χ2v) is 7.89. The first-order valence-electron chi connectivity index (χ1n) is 9.45. The quantitative estimate of drug-likeness (QED) is 0.708. The highest BCUT2D eigenvalue weighted by atomic mass is 16.1. The van der Waals surface area contributed by atoms with E-state index in [-0.39, 0.29) is 0 Å². The van der Waals surface area contributed by atoms with Crippen LogP contribution in [0.25, 0.3) is 0 Å². The molecule has 2 aromatic carbocycles. The molecule has 0 aromatic heterocycles. The zero-order valence-corrected chi connectivity index (χ0v) is 15.8. The second kappa shape index (κ2) is 7.53. The molecule has 25 heavy (non-hydrogen) atoms. The molecular weight excluding hydrogens is 306 g/mol. The third-order valence-corrected chi connectivity index (χ3v) is 5.60. The van der Waals surface area contributed by atoms with Gasteiger partial charge in [0.25, 0.3) is 0 Å². The Morgan fingerprint density at radius 3 is 2.16 bits per heavy atom. The first-order valence-corrected chi connectivity index (χ1v) is 9.45. The van der Waals surface area contributed by atoms with E-state index in [1.54, 1.807) is 0 Å². The van der Waals surface area contributed by atoms with Crippen LogP contribution in [0.1, 0.15) is 40.7 Å². The fourth-order valence-corrected chi connectivity index (χ4v) is 4.47. The maximum absolute atomic E-state index is 12.9. The van der Waals surface area contributed by atoms with Gasteiger partial charge in [-0.25, -0.2) is 0 Å². The van der Waals surface area contributed by atoms with Gasteiger partial charge in [0.05, 0.1) is 13.1 Å². The van der Waals surface area contributed by atoms with Gasteiger partial charge in [0.2, 0.25) is 0 Å². The largest absolute Gasteiger partial charge is 0.314 e. The molecule has 0 N–H and O–H groups in total. The van der Waals surface area contributed by atoms with Crippen LogP contribution in [0.4, 0.5) is 0 Å². The van der Waals surface area contributed by atoms with Crippen LogP contribution in [-0.4, -0.2) is 29.9 Å². The number of Topliss-reactive ketones (excluding diaryl/α,β-unsaturated/α-hetero) is 1. The summed E-state index contributed by atoms with van der Waals surface area (Å²) in [5.41, 5.74) is 6.36. The Morgan fingerprint density at radius 1 is 0.960 bits per heavy atom. The van der Waals surface area contributed by atoms with Crippen molar-refractivity contribution in [2.75, 3.05) is 19.6 Å². The fraction of sp³-hybridized carbons (Fsp3) is 0.435. The summed E-state index contributed by atoms with van der Waals surface area (Å²) in [7, 11) is 0. The van der Waals surface area contributed by atoms with Crippen LogP contribution in [0, 0.1) is 20.8 Å². The van der Waals surface area contributed by atoms with E-state index in [1.807, 2.05) is 0 Å². The number of hydrogen-bond donors (Lipinski definition) is 0. The number of carbonyl (C=O) groups is 1. The van der Waals surface area contributed by atoms with Crippen molar-refractivity contribution in [3.63, 3.8) is 0 Å². The number of carbonyl (C=O) groups excluding carboxylic acids is 1. The number of quaternary nitrogens is 1. The van der Waals surface area contributed by atoms with Crippen LogP contribution in [0.15, 0.2) is 42.5 Å². The van der Waals surface area contributed by atoms with Crippen molar-refractivity contribution in [1.82, 2.24) is 0 Å². The van der Waals surface area contributed by atoms with Crippen molar-refractivity contribution < 1.29 is 9.28 Å². The molecule has 0 aliphatic carbocycles. The first-order chi connectivity index (χ1) is 12.0. The minimum Gasteiger partial charge on any atom is -0.314 e. The van der Waals surface area contributed by atoms with E-state index >= 15 is 0 Å². The smallest absolute Gasteiger partial charge is 0.191 e. The average Bonchev–Trinajstić information content (AvgIpc) is 2.99. The zero-order valence-electron chi connectivity index (χ0n) is 15.8. The highest BCUT2D eigenvalue weighted by molar-refractivity contribution is 5.82. The molecule has 0 unspecified atom stereocenters. The van der Waals surface area contributed by atoms with Gasteiger partial charge < -0.3 is 4.48 Å². The van der Waals surface area contributed by atoms with Crippen molar-refractivity contribution in [3.8, 4) is 0 Å². The number of ketones is 1. The van der Waals surface area contributed by atoms with Gasteiger partial charge in [-0.3, -0.25) is 4.79 Å². The van der Waals surface area contributed by atoms with Crippen molar-refractivity contribution in [3.05, 3.63) is 70.3 Å². The Morgan fingerprint density at radius 2 is 1.56 bits per heavy atom. The molecule has 1 aliphatic heterocycles. The molecule has 0 amide bonds. The van der Waals surface area contributed by atoms with E-state index in [2.05, 4.69) is 63.2 Å². The molecule has 1 aliphatic rings. The fourth-order valence-electron chi connectivity index (χ4n) is 4.47. The lowest BCUT2D eigenvalue weighted by Gasteiger charge is -2.34. The normalized spacial score (nSPS) is 16.1. The van der Waals surface area contributed by atoms with Gasteiger partial charge in [-0.15, -0.1) is 0 Å². The molecule has 132 valence electrons. The van der Waals surface area contributed by atoms with E-state index in [0.29, 0.717) is 18.7 Å². The lowest BCUT2D eigenvalue weighted by Crippen LogP contribution is -2.48. The van der Waals surface area contributed by atoms with Gasteiger partial charge in [-0.05, 0) is 37.5 Å². The predicted octanol–water partition coefficient (Wildman–Crippen LogP) is 4.53. The first kappa shape index (κ1) is 17.9. The molecule has 0 spiro atoms. The highest BCUT2D eigenvalue weighted by Gasteiger charge is 2.34. The minimum absolute atomic E-state index is 0.382. The lowest BCUT2D eigenvalue weighted by atomic mass is 9.95. The van der Waals surface area contributed by atoms with Gasteiger partial charge in [-0.1, -0.05) is 48.0 Å². The van der Waals surface area contributed by atoms with Crippen LogP contribution >= 0.6 is 0 Å². The van der Waals surface area contributed by atoms with Crippen LogP contribution in [0.5, 0.6) is 0 Å². The van der Waals surface area contributed by atoms with Gasteiger partial charge in [-0.2, -0.15) is 0 Å². The third kappa shape index (κ3) is 4.38. The van der Waals surface area contributed by atoms with Gasteiger partial charge in [0.1, 0.15) is 13.1 Å². The number of rotatable bonds is 6. The molecule has 0 saturated carbocycles. The summed E-state index contributed by atoms with van der Waals surface area (Å²) < 4.78 is 0.937. The van der Waals surface area contributed by atoms with Crippen LogP contribution in [0.3, 0.4) is 0 Å². The number of benzene rings is 2. The van der Waals surface area contributed by atoms with E-state index in [0.717, 1.165) is 24.1 Å². The van der Waals surface area contributed by atoms with Crippen LogP contribution in [-0.2, 0) is 17.8 Å². The lowest BCUT2D eigenvalue weighted by molar-refractivity contribution is -0.922. The monoisotopic (exact) mass is 336 g/mol. The van der Waals surface area contributed by atoms with Crippen LogP contribution in [0.2, 0.25) is 0 Å². The molecule has 2 heteroatoms. The summed E-state index contributed by atoms with van der Waals surface area (Å²) in [6.45, 7) is 10.3. The average molecular weight is 336 g/mol. The Bertz CT molecular complexity index is 719. The molecule has 1 fully saturated rings. The van der Waals surface area contributed by atoms with Crippen molar-refractivity contribution in [2.24, 2.45) is 0 Å². The van der Waals surface area contributed by atoms with Crippen LogP contribution < -0.4 is 0 Å². The molecule has 3 rings (SSSR count). The number of aryl methyl sites for hydroxylation is 3. The molecule has 0 radical (unpaired) electrons. The molecule has 2 aromatic rings. The minimum atomic E-state index is 0.382. The molecule has 0 bridgehead atoms.